The summed E-state index contributed by atoms with van der Waals surface area (Å²) in [5.41, 5.74) is -1.18. The molecule has 0 unspecified atom stereocenters. The van der Waals surface area contributed by atoms with E-state index in [1.165, 1.54) is 0 Å². The van der Waals surface area contributed by atoms with Gasteiger partial charge < -0.3 is 10.4 Å². The number of carbonyl (C=O) groups excluding carboxylic acids is 1. The van der Waals surface area contributed by atoms with Crippen molar-refractivity contribution < 1.29 is 14.7 Å². The molecule has 1 heterocycles. The van der Waals surface area contributed by atoms with Crippen molar-refractivity contribution in [1.29, 1.82) is 0 Å². The van der Waals surface area contributed by atoms with Crippen LogP contribution in [0.1, 0.15) is 38.5 Å². The van der Waals surface area contributed by atoms with Gasteiger partial charge in [0.05, 0.1) is 0 Å². The molecule has 0 saturated heterocycles. The van der Waals surface area contributed by atoms with E-state index in [1.807, 2.05) is 0 Å². The van der Waals surface area contributed by atoms with Crippen LogP contribution in [0.25, 0.3) is 0 Å². The van der Waals surface area contributed by atoms with Crippen molar-refractivity contribution in [3.05, 3.63) is 0 Å². The van der Waals surface area contributed by atoms with Crippen LogP contribution in [0.2, 0.25) is 0 Å². The highest BCUT2D eigenvalue weighted by molar-refractivity contribution is 7.09. The molecule has 0 bridgehead atoms. The summed E-state index contributed by atoms with van der Waals surface area (Å²) < 4.78 is 3.51. The molecule has 1 aromatic heterocycles. The van der Waals surface area contributed by atoms with E-state index in [1.54, 1.807) is 0 Å². The number of anilines is 1. The van der Waals surface area contributed by atoms with Crippen molar-refractivity contribution in [2.45, 2.75) is 44.1 Å². The van der Waals surface area contributed by atoms with Crippen LogP contribution in [0.3, 0.4) is 0 Å². The number of hydrogen-bond donors (Lipinski definition) is 3. The van der Waals surface area contributed by atoms with Gasteiger partial charge in [0, 0.05) is 11.5 Å². The minimum absolute atomic E-state index is 0.242. The average molecular weight is 285 g/mol. The Labute approximate surface area is 113 Å². The van der Waals surface area contributed by atoms with Crippen molar-refractivity contribution in [1.82, 2.24) is 20.1 Å². The second-order valence-corrected chi connectivity index (χ2v) is 5.28. The maximum atomic E-state index is 11.8. The highest BCUT2D eigenvalue weighted by Crippen LogP contribution is 2.27. The van der Waals surface area contributed by atoms with Crippen LogP contribution in [0.5, 0.6) is 0 Å². The Morgan fingerprint density at radius 2 is 1.89 bits per heavy atom. The first-order chi connectivity index (χ1) is 9.12. The number of nitrogens with one attached hydrogen (secondary N) is 2. The molecule has 2 rings (SSSR count). The second-order valence-electron chi connectivity index (χ2n) is 4.55. The van der Waals surface area contributed by atoms with Crippen molar-refractivity contribution in [2.75, 3.05) is 5.32 Å². The zero-order chi connectivity index (χ0) is 13.7. The molecule has 0 aliphatic heterocycles. The number of hydrogen-bond acceptors (Lipinski definition) is 6. The Kier molecular flexibility index (Phi) is 4.25. The molecule has 1 aliphatic carbocycles. The van der Waals surface area contributed by atoms with E-state index < -0.39 is 17.5 Å². The van der Waals surface area contributed by atoms with Gasteiger partial charge in [-0.3, -0.25) is 5.32 Å². The van der Waals surface area contributed by atoms with Crippen LogP contribution >= 0.6 is 11.5 Å². The molecule has 1 aromatic rings. The van der Waals surface area contributed by atoms with E-state index in [4.69, 9.17) is 0 Å². The molecule has 1 aliphatic rings. The number of rotatable bonds is 3. The molecule has 1 fully saturated rings. The number of nitrogens with zero attached hydrogens (tertiary/aromatic N) is 3. The molecule has 0 radical (unpaired) electrons. The van der Waals surface area contributed by atoms with Crippen molar-refractivity contribution in [3.8, 4) is 0 Å². The van der Waals surface area contributed by atoms with Crippen LogP contribution in [0.4, 0.5) is 9.93 Å². The molecule has 0 spiro atoms. The van der Waals surface area contributed by atoms with Crippen LogP contribution in [-0.2, 0) is 4.79 Å². The van der Waals surface area contributed by atoms with Gasteiger partial charge in [-0.15, -0.1) is 0 Å². The van der Waals surface area contributed by atoms with Gasteiger partial charge >= 0.3 is 12.0 Å². The highest BCUT2D eigenvalue weighted by atomic mass is 32.1. The number of carboxylic acids is 1. The van der Waals surface area contributed by atoms with Crippen molar-refractivity contribution in [2.24, 2.45) is 0 Å². The Morgan fingerprint density at radius 1 is 1.21 bits per heavy atom. The average Bonchev–Trinajstić information content (AvgIpc) is 2.73. The lowest BCUT2D eigenvalue weighted by Gasteiger charge is -2.28. The molecule has 8 nitrogen and oxygen atoms in total. The molecular weight excluding hydrogens is 270 g/mol. The van der Waals surface area contributed by atoms with E-state index in [2.05, 4.69) is 25.4 Å². The number of aromatic nitrogens is 3. The van der Waals surface area contributed by atoms with Gasteiger partial charge in [0.15, 0.2) is 0 Å². The van der Waals surface area contributed by atoms with Crippen LogP contribution in [0.15, 0.2) is 0 Å². The van der Waals surface area contributed by atoms with Gasteiger partial charge in [0.2, 0.25) is 5.13 Å². The molecular formula is C10H15N5O3S. The molecule has 2 amide bonds. The summed E-state index contributed by atoms with van der Waals surface area (Å²) in [6, 6.07) is -0.581. The number of urea groups is 1. The molecule has 19 heavy (non-hydrogen) atoms. The summed E-state index contributed by atoms with van der Waals surface area (Å²) in [5, 5.41) is 21.6. The topological polar surface area (TPSA) is 117 Å². The maximum absolute atomic E-state index is 11.8. The predicted octanol–water partition coefficient (Wildman–Crippen LogP) is 1.23. The number of carbonyl (C=O) groups is 2. The SMILES string of the molecule is O=C(Nc1nnns1)NC1(C(=O)O)CCCCCC1. The Morgan fingerprint density at radius 3 is 2.42 bits per heavy atom. The van der Waals surface area contributed by atoms with E-state index >= 15 is 0 Å². The van der Waals surface area contributed by atoms with Crippen molar-refractivity contribution >= 4 is 28.7 Å². The third-order valence-corrected chi connectivity index (χ3v) is 3.75. The fourth-order valence-electron chi connectivity index (χ4n) is 2.25. The van der Waals surface area contributed by atoms with Crippen LogP contribution in [-0.4, -0.2) is 37.4 Å². The zero-order valence-electron chi connectivity index (χ0n) is 10.3. The lowest BCUT2D eigenvalue weighted by molar-refractivity contribution is -0.145. The van der Waals surface area contributed by atoms with Gasteiger partial charge in [-0.25, -0.2) is 9.59 Å². The third kappa shape index (κ3) is 3.37. The lowest BCUT2D eigenvalue weighted by atomic mass is 9.90. The normalized spacial score (nSPS) is 18.3. The minimum Gasteiger partial charge on any atom is -0.480 e. The second kappa shape index (κ2) is 5.91. The fraction of sp³-hybridized carbons (Fsp3) is 0.700. The molecule has 3 N–H and O–H groups in total. The number of amides is 2. The van der Waals surface area contributed by atoms with E-state index in [0.29, 0.717) is 12.8 Å². The van der Waals surface area contributed by atoms with Gasteiger partial charge in [0.1, 0.15) is 5.54 Å². The summed E-state index contributed by atoms with van der Waals surface area (Å²) in [6.45, 7) is 0. The Hall–Kier alpha value is -1.77. The molecule has 1 saturated carbocycles. The third-order valence-electron chi connectivity index (χ3n) is 3.24. The number of carboxylic acid groups (broad SMARTS) is 1. The summed E-state index contributed by atoms with van der Waals surface area (Å²) in [4.78, 5) is 23.3. The monoisotopic (exact) mass is 285 g/mol. The zero-order valence-corrected chi connectivity index (χ0v) is 11.1. The lowest BCUT2D eigenvalue weighted by Crippen LogP contribution is -2.55. The van der Waals surface area contributed by atoms with Crippen LogP contribution in [0, 0.1) is 0 Å². The van der Waals surface area contributed by atoms with Gasteiger partial charge in [-0.1, -0.05) is 35.3 Å². The molecule has 104 valence electrons. The van der Waals surface area contributed by atoms with Gasteiger partial charge in [-0.2, -0.15) is 0 Å². The van der Waals surface area contributed by atoms with Crippen molar-refractivity contribution in [3.63, 3.8) is 0 Å². The van der Waals surface area contributed by atoms with Gasteiger partial charge in [0.25, 0.3) is 0 Å². The van der Waals surface area contributed by atoms with E-state index in [0.717, 1.165) is 37.2 Å². The number of aliphatic carboxylic acids is 1. The Bertz CT molecular complexity index is 442. The standard InChI is InChI=1S/C10H15N5O3S/c16-7(17)10(5-3-1-2-4-6-10)12-8(18)11-9-13-14-15-19-9/h1-6H2,(H,16,17)(H2,11,12,13,15,18). The summed E-state index contributed by atoms with van der Waals surface area (Å²) in [5.74, 6) is -0.986. The largest absolute Gasteiger partial charge is 0.480 e. The predicted molar refractivity (Wildman–Crippen MR) is 67.9 cm³/mol. The molecule has 0 atom stereocenters. The molecule has 0 aromatic carbocycles. The van der Waals surface area contributed by atoms with E-state index in [-0.39, 0.29) is 5.13 Å². The van der Waals surface area contributed by atoms with Gasteiger partial charge in [-0.05, 0) is 18.1 Å². The smallest absolute Gasteiger partial charge is 0.329 e. The summed E-state index contributed by atoms with van der Waals surface area (Å²) in [6.07, 6.45) is 4.49. The first kappa shape index (κ1) is 13.7. The summed E-state index contributed by atoms with van der Waals surface area (Å²) in [7, 11) is 0. The minimum atomic E-state index is -1.18. The first-order valence-corrected chi connectivity index (χ1v) is 6.87. The first-order valence-electron chi connectivity index (χ1n) is 6.10. The fourth-order valence-corrected chi connectivity index (χ4v) is 2.61. The molecule has 9 heteroatoms. The summed E-state index contributed by atoms with van der Waals surface area (Å²) >= 11 is 0.933. The van der Waals surface area contributed by atoms with Crippen LogP contribution < -0.4 is 10.6 Å². The maximum Gasteiger partial charge on any atom is 0.329 e. The van der Waals surface area contributed by atoms with E-state index in [9.17, 15) is 14.7 Å². The Balaban J connectivity index is 2.03. The highest BCUT2D eigenvalue weighted by Gasteiger charge is 2.40. The quantitative estimate of drug-likeness (QED) is 0.719.